The lowest BCUT2D eigenvalue weighted by atomic mass is 9.80. The van der Waals surface area contributed by atoms with Crippen molar-refractivity contribution < 1.29 is 13.2 Å². The summed E-state index contributed by atoms with van der Waals surface area (Å²) in [6.45, 7) is 2.00. The van der Waals surface area contributed by atoms with Gasteiger partial charge in [-0.3, -0.25) is 0 Å². The van der Waals surface area contributed by atoms with Crippen molar-refractivity contribution in [3.63, 3.8) is 0 Å². The number of anilines is 1. The van der Waals surface area contributed by atoms with E-state index in [0.29, 0.717) is 12.0 Å². The summed E-state index contributed by atoms with van der Waals surface area (Å²) in [6.07, 6.45) is -3.66. The largest absolute Gasteiger partial charge is 0.416 e. The molecule has 2 atom stereocenters. The van der Waals surface area contributed by atoms with Gasteiger partial charge in [0.1, 0.15) is 0 Å². The zero-order valence-corrected chi connectivity index (χ0v) is 11.6. The molecule has 110 valence electrons. The number of rotatable bonds is 1. The van der Waals surface area contributed by atoms with Crippen LogP contribution in [0.25, 0.3) is 0 Å². The summed E-state index contributed by atoms with van der Waals surface area (Å²) >= 11 is 0. The smallest absolute Gasteiger partial charge is 0.382 e. The molecule has 0 fully saturated rings. The molecular weight excluding hydrogens is 275 g/mol. The standard InChI is InChI=1S/C17H16F3N/c1-11-10-14(13-7-3-5-9-16(13)21-11)12-6-2-4-8-15(12)17(18,19)20/h2-9,11,14,21H,10H2,1H3. The average molecular weight is 291 g/mol. The Hall–Kier alpha value is -1.97. The number of hydrogen-bond donors (Lipinski definition) is 1. The second kappa shape index (κ2) is 5.10. The highest BCUT2D eigenvalue weighted by Crippen LogP contribution is 2.43. The summed E-state index contributed by atoms with van der Waals surface area (Å²) in [5.41, 5.74) is 1.70. The summed E-state index contributed by atoms with van der Waals surface area (Å²) in [4.78, 5) is 0. The fourth-order valence-corrected chi connectivity index (χ4v) is 3.09. The summed E-state index contributed by atoms with van der Waals surface area (Å²) in [6, 6.07) is 13.7. The number of alkyl halides is 3. The fourth-order valence-electron chi connectivity index (χ4n) is 3.09. The predicted molar refractivity (Wildman–Crippen MR) is 77.4 cm³/mol. The average Bonchev–Trinajstić information content (AvgIpc) is 2.45. The third-order valence-electron chi connectivity index (χ3n) is 3.97. The van der Waals surface area contributed by atoms with E-state index in [1.165, 1.54) is 12.1 Å². The molecule has 0 aromatic heterocycles. The van der Waals surface area contributed by atoms with Crippen LogP contribution in [-0.2, 0) is 6.18 Å². The van der Waals surface area contributed by atoms with Gasteiger partial charge in [-0.25, -0.2) is 0 Å². The Morgan fingerprint density at radius 2 is 1.57 bits per heavy atom. The molecule has 0 spiro atoms. The van der Waals surface area contributed by atoms with Crippen molar-refractivity contribution >= 4 is 5.69 Å². The molecule has 4 heteroatoms. The van der Waals surface area contributed by atoms with E-state index in [9.17, 15) is 13.2 Å². The Morgan fingerprint density at radius 3 is 2.29 bits per heavy atom. The van der Waals surface area contributed by atoms with Gasteiger partial charge in [0, 0.05) is 17.6 Å². The lowest BCUT2D eigenvalue weighted by Crippen LogP contribution is -2.27. The van der Waals surface area contributed by atoms with Crippen LogP contribution < -0.4 is 5.32 Å². The van der Waals surface area contributed by atoms with Crippen LogP contribution >= 0.6 is 0 Å². The van der Waals surface area contributed by atoms with Gasteiger partial charge < -0.3 is 5.32 Å². The van der Waals surface area contributed by atoms with Gasteiger partial charge in [0.15, 0.2) is 0 Å². The van der Waals surface area contributed by atoms with Crippen molar-refractivity contribution in [3.05, 3.63) is 65.2 Å². The molecule has 0 saturated heterocycles. The Morgan fingerprint density at radius 1 is 0.952 bits per heavy atom. The predicted octanol–water partition coefficient (Wildman–Crippen LogP) is 5.04. The number of halogens is 3. The van der Waals surface area contributed by atoms with Gasteiger partial charge in [-0.05, 0) is 36.6 Å². The zero-order chi connectivity index (χ0) is 15.0. The summed E-state index contributed by atoms with van der Waals surface area (Å²) in [5, 5.41) is 3.34. The van der Waals surface area contributed by atoms with Gasteiger partial charge in [0.05, 0.1) is 5.56 Å². The third-order valence-corrected chi connectivity index (χ3v) is 3.97. The molecule has 0 saturated carbocycles. The molecule has 0 aliphatic carbocycles. The summed E-state index contributed by atoms with van der Waals surface area (Å²) in [5.74, 6) is -0.227. The highest BCUT2D eigenvalue weighted by atomic mass is 19.4. The van der Waals surface area contributed by atoms with Gasteiger partial charge in [-0.2, -0.15) is 13.2 Å². The fraction of sp³-hybridized carbons (Fsp3) is 0.294. The van der Waals surface area contributed by atoms with Crippen LogP contribution in [-0.4, -0.2) is 6.04 Å². The minimum Gasteiger partial charge on any atom is -0.382 e. The SMILES string of the molecule is CC1CC(c2ccccc2C(F)(F)F)c2ccccc2N1. The van der Waals surface area contributed by atoms with E-state index >= 15 is 0 Å². The second-order valence-corrected chi connectivity index (χ2v) is 5.51. The molecule has 2 aromatic rings. The number of hydrogen-bond acceptors (Lipinski definition) is 1. The first-order chi connectivity index (χ1) is 9.97. The first kappa shape index (κ1) is 14.0. The number of para-hydroxylation sites is 1. The molecule has 1 aliphatic rings. The van der Waals surface area contributed by atoms with Crippen molar-refractivity contribution in [3.8, 4) is 0 Å². The van der Waals surface area contributed by atoms with Crippen LogP contribution in [0, 0.1) is 0 Å². The third kappa shape index (κ3) is 2.62. The molecular formula is C17H16F3N. The molecule has 21 heavy (non-hydrogen) atoms. The topological polar surface area (TPSA) is 12.0 Å². The van der Waals surface area contributed by atoms with E-state index in [1.54, 1.807) is 12.1 Å². The van der Waals surface area contributed by atoms with E-state index in [-0.39, 0.29) is 12.0 Å². The Bertz CT molecular complexity index is 648. The number of nitrogens with one attached hydrogen (secondary N) is 1. The minimum atomic E-state index is -4.32. The monoisotopic (exact) mass is 291 g/mol. The molecule has 1 heterocycles. The lowest BCUT2D eigenvalue weighted by Gasteiger charge is -2.33. The highest BCUT2D eigenvalue weighted by Gasteiger charge is 2.36. The second-order valence-electron chi connectivity index (χ2n) is 5.51. The normalized spacial score (nSPS) is 21.5. The van der Waals surface area contributed by atoms with Crippen LogP contribution in [0.2, 0.25) is 0 Å². The van der Waals surface area contributed by atoms with E-state index in [0.717, 1.165) is 11.3 Å². The van der Waals surface area contributed by atoms with Gasteiger partial charge in [0.2, 0.25) is 0 Å². The minimum absolute atomic E-state index is 0.145. The molecule has 2 aromatic carbocycles. The quantitative estimate of drug-likeness (QED) is 0.776. The van der Waals surface area contributed by atoms with E-state index in [4.69, 9.17) is 0 Å². The first-order valence-corrected chi connectivity index (χ1v) is 6.98. The van der Waals surface area contributed by atoms with Crippen molar-refractivity contribution in [1.82, 2.24) is 0 Å². The summed E-state index contributed by atoms with van der Waals surface area (Å²) < 4.78 is 39.8. The van der Waals surface area contributed by atoms with Crippen LogP contribution in [0.4, 0.5) is 18.9 Å². The van der Waals surface area contributed by atoms with Crippen LogP contribution in [0.1, 0.15) is 36.0 Å². The number of fused-ring (bicyclic) bond motifs is 1. The van der Waals surface area contributed by atoms with E-state index in [2.05, 4.69) is 5.32 Å². The zero-order valence-electron chi connectivity index (χ0n) is 11.6. The van der Waals surface area contributed by atoms with Crippen LogP contribution in [0.3, 0.4) is 0 Å². The maximum atomic E-state index is 13.3. The molecule has 3 rings (SSSR count). The van der Waals surface area contributed by atoms with Crippen LogP contribution in [0.15, 0.2) is 48.5 Å². The molecule has 0 amide bonds. The Balaban J connectivity index is 2.14. The molecule has 0 radical (unpaired) electrons. The van der Waals surface area contributed by atoms with Crippen molar-refractivity contribution in [2.75, 3.05) is 5.32 Å². The van der Waals surface area contributed by atoms with Crippen molar-refractivity contribution in [2.24, 2.45) is 0 Å². The van der Waals surface area contributed by atoms with E-state index < -0.39 is 11.7 Å². The van der Waals surface area contributed by atoms with Gasteiger partial charge in [0.25, 0.3) is 0 Å². The van der Waals surface area contributed by atoms with Gasteiger partial charge in [-0.15, -0.1) is 0 Å². The maximum Gasteiger partial charge on any atom is 0.416 e. The maximum absolute atomic E-state index is 13.3. The van der Waals surface area contributed by atoms with Crippen LogP contribution in [0.5, 0.6) is 0 Å². The van der Waals surface area contributed by atoms with Crippen molar-refractivity contribution in [2.45, 2.75) is 31.5 Å². The molecule has 1 aliphatic heterocycles. The Kier molecular flexibility index (Phi) is 3.40. The molecule has 0 bridgehead atoms. The Labute approximate surface area is 121 Å². The lowest BCUT2D eigenvalue weighted by molar-refractivity contribution is -0.138. The van der Waals surface area contributed by atoms with E-state index in [1.807, 2.05) is 31.2 Å². The van der Waals surface area contributed by atoms with Gasteiger partial charge in [-0.1, -0.05) is 36.4 Å². The summed E-state index contributed by atoms with van der Waals surface area (Å²) in [7, 11) is 0. The van der Waals surface area contributed by atoms with Gasteiger partial charge >= 0.3 is 6.18 Å². The molecule has 2 unspecified atom stereocenters. The first-order valence-electron chi connectivity index (χ1n) is 6.98. The molecule has 1 nitrogen and oxygen atoms in total. The number of benzene rings is 2. The molecule has 1 N–H and O–H groups in total. The van der Waals surface area contributed by atoms with Crippen molar-refractivity contribution in [1.29, 1.82) is 0 Å². The highest BCUT2D eigenvalue weighted by molar-refractivity contribution is 5.59.